The van der Waals surface area contributed by atoms with Crippen LogP contribution in [0, 0.1) is 0 Å². The van der Waals surface area contributed by atoms with Crippen LogP contribution in [0.15, 0.2) is 24.3 Å². The van der Waals surface area contributed by atoms with Crippen LogP contribution in [-0.2, 0) is 11.2 Å². The minimum Gasteiger partial charge on any atom is -0.315 e. The van der Waals surface area contributed by atoms with Crippen LogP contribution in [0.2, 0.25) is 0 Å². The Morgan fingerprint density at radius 3 is 2.40 bits per heavy atom. The molecule has 0 unspecified atom stereocenters. The van der Waals surface area contributed by atoms with Crippen LogP contribution in [-0.4, -0.2) is 18.3 Å². The van der Waals surface area contributed by atoms with Gasteiger partial charge in [0.05, 0.1) is 0 Å². The van der Waals surface area contributed by atoms with Crippen LogP contribution in [0.5, 0.6) is 0 Å². The van der Waals surface area contributed by atoms with Gasteiger partial charge in [0.1, 0.15) is 0 Å². The third kappa shape index (κ3) is 3.34. The van der Waals surface area contributed by atoms with Gasteiger partial charge < -0.3 is 4.90 Å². The zero-order valence-electron chi connectivity index (χ0n) is 9.16. The van der Waals surface area contributed by atoms with Crippen molar-refractivity contribution in [1.29, 1.82) is 0 Å². The van der Waals surface area contributed by atoms with E-state index in [2.05, 4.69) is 35.0 Å². The fourth-order valence-corrected chi connectivity index (χ4v) is 1.69. The Hall–Kier alpha value is -0.830. The largest absolute Gasteiger partial charge is 0.315 e. The van der Waals surface area contributed by atoms with Gasteiger partial charge in [0.2, 0.25) is 5.91 Å². The molecule has 15 heavy (non-hydrogen) atoms. The minimum atomic E-state index is 0.135. The average molecular weight is 270 g/mol. The first-order valence-electron chi connectivity index (χ1n) is 5.10. The fourth-order valence-electron chi connectivity index (χ4n) is 1.35. The SMILES string of the molecule is CCc1ccc(N(C)C(=O)CCBr)cc1. The summed E-state index contributed by atoms with van der Waals surface area (Å²) in [6, 6.07) is 8.11. The molecule has 2 nitrogen and oxygen atoms in total. The summed E-state index contributed by atoms with van der Waals surface area (Å²) >= 11 is 3.27. The van der Waals surface area contributed by atoms with Crippen molar-refractivity contribution in [3.05, 3.63) is 29.8 Å². The number of halogens is 1. The van der Waals surface area contributed by atoms with Crippen LogP contribution in [0.1, 0.15) is 18.9 Å². The zero-order chi connectivity index (χ0) is 11.3. The standard InChI is InChI=1S/C12H16BrNO/c1-3-10-4-6-11(7-5-10)14(2)12(15)8-9-13/h4-7H,3,8-9H2,1-2H3. The molecule has 1 amide bonds. The van der Waals surface area contributed by atoms with E-state index in [0.29, 0.717) is 11.8 Å². The van der Waals surface area contributed by atoms with E-state index in [-0.39, 0.29) is 5.91 Å². The predicted octanol–water partition coefficient (Wildman–Crippen LogP) is 3.00. The van der Waals surface area contributed by atoms with E-state index in [4.69, 9.17) is 0 Å². The highest BCUT2D eigenvalue weighted by Gasteiger charge is 2.09. The lowest BCUT2D eigenvalue weighted by molar-refractivity contribution is -0.117. The lowest BCUT2D eigenvalue weighted by Crippen LogP contribution is -2.26. The number of hydrogen-bond acceptors (Lipinski definition) is 1. The highest BCUT2D eigenvalue weighted by molar-refractivity contribution is 9.09. The molecule has 0 heterocycles. The van der Waals surface area contributed by atoms with Gasteiger partial charge >= 0.3 is 0 Å². The summed E-state index contributed by atoms with van der Waals surface area (Å²) in [6.07, 6.45) is 1.56. The lowest BCUT2D eigenvalue weighted by atomic mass is 10.1. The summed E-state index contributed by atoms with van der Waals surface area (Å²) in [6.45, 7) is 2.12. The quantitative estimate of drug-likeness (QED) is 0.770. The first-order chi connectivity index (χ1) is 7.19. The highest BCUT2D eigenvalue weighted by atomic mass is 79.9. The number of rotatable bonds is 4. The lowest BCUT2D eigenvalue weighted by Gasteiger charge is -2.17. The Labute approximate surface area is 99.4 Å². The van der Waals surface area contributed by atoms with Crippen LogP contribution >= 0.6 is 15.9 Å². The molecule has 1 rings (SSSR count). The van der Waals surface area contributed by atoms with Crippen molar-refractivity contribution in [3.63, 3.8) is 0 Å². The Morgan fingerprint density at radius 2 is 1.93 bits per heavy atom. The molecule has 0 saturated heterocycles. The second-order valence-electron chi connectivity index (χ2n) is 3.41. The number of aryl methyl sites for hydroxylation is 1. The Morgan fingerprint density at radius 1 is 1.33 bits per heavy atom. The molecule has 0 fully saturated rings. The van der Waals surface area contributed by atoms with Gasteiger partial charge in [-0.25, -0.2) is 0 Å². The molecule has 0 aromatic heterocycles. The number of nitrogens with zero attached hydrogens (tertiary/aromatic N) is 1. The molecule has 0 N–H and O–H groups in total. The van der Waals surface area contributed by atoms with E-state index in [1.54, 1.807) is 4.90 Å². The monoisotopic (exact) mass is 269 g/mol. The molecule has 1 aromatic carbocycles. The Bertz CT molecular complexity index is 321. The minimum absolute atomic E-state index is 0.135. The summed E-state index contributed by atoms with van der Waals surface area (Å²) in [7, 11) is 1.81. The van der Waals surface area contributed by atoms with Gasteiger partial charge in [0, 0.05) is 24.5 Å². The number of anilines is 1. The van der Waals surface area contributed by atoms with Gasteiger partial charge in [-0.3, -0.25) is 4.79 Å². The maximum absolute atomic E-state index is 11.6. The van der Waals surface area contributed by atoms with E-state index in [9.17, 15) is 4.79 Å². The molecule has 3 heteroatoms. The summed E-state index contributed by atoms with van der Waals surface area (Å²) in [4.78, 5) is 13.3. The number of hydrogen-bond donors (Lipinski definition) is 0. The number of alkyl halides is 1. The van der Waals surface area contributed by atoms with Crippen molar-refractivity contribution in [1.82, 2.24) is 0 Å². The van der Waals surface area contributed by atoms with Crippen molar-refractivity contribution in [2.45, 2.75) is 19.8 Å². The molecule has 0 bridgehead atoms. The third-order valence-corrected chi connectivity index (χ3v) is 2.81. The van der Waals surface area contributed by atoms with Gasteiger partial charge in [-0.1, -0.05) is 35.0 Å². The van der Waals surface area contributed by atoms with E-state index < -0.39 is 0 Å². The highest BCUT2D eigenvalue weighted by Crippen LogP contribution is 2.15. The molecule has 0 spiro atoms. The van der Waals surface area contributed by atoms with E-state index >= 15 is 0 Å². The maximum atomic E-state index is 11.6. The smallest absolute Gasteiger partial charge is 0.227 e. The van der Waals surface area contributed by atoms with Crippen molar-refractivity contribution < 1.29 is 4.79 Å². The summed E-state index contributed by atoms with van der Waals surface area (Å²) in [5, 5.41) is 0.712. The normalized spacial score (nSPS) is 10.1. The molecule has 0 radical (unpaired) electrons. The molecule has 0 aliphatic rings. The molecular weight excluding hydrogens is 254 g/mol. The number of amides is 1. The number of benzene rings is 1. The second-order valence-corrected chi connectivity index (χ2v) is 4.20. The van der Waals surface area contributed by atoms with E-state index in [0.717, 1.165) is 12.1 Å². The van der Waals surface area contributed by atoms with Crippen molar-refractivity contribution in [2.75, 3.05) is 17.3 Å². The number of carbonyl (C=O) groups excluding carboxylic acids is 1. The number of carbonyl (C=O) groups is 1. The zero-order valence-corrected chi connectivity index (χ0v) is 10.8. The molecular formula is C12H16BrNO. The first kappa shape index (κ1) is 12.2. The van der Waals surface area contributed by atoms with E-state index in [1.165, 1.54) is 5.56 Å². The topological polar surface area (TPSA) is 20.3 Å². The molecule has 0 aliphatic carbocycles. The Balaban J connectivity index is 2.73. The van der Waals surface area contributed by atoms with Gasteiger partial charge in [-0.2, -0.15) is 0 Å². The maximum Gasteiger partial charge on any atom is 0.227 e. The average Bonchev–Trinajstić information content (AvgIpc) is 2.28. The summed E-state index contributed by atoms with van der Waals surface area (Å²) in [5.74, 6) is 0.135. The summed E-state index contributed by atoms with van der Waals surface area (Å²) < 4.78 is 0. The van der Waals surface area contributed by atoms with Gasteiger partial charge in [0.15, 0.2) is 0 Å². The van der Waals surface area contributed by atoms with Gasteiger partial charge in [-0.15, -0.1) is 0 Å². The van der Waals surface area contributed by atoms with Crippen LogP contribution in [0.3, 0.4) is 0 Å². The predicted molar refractivity (Wildman–Crippen MR) is 67.6 cm³/mol. The molecule has 0 atom stereocenters. The third-order valence-electron chi connectivity index (χ3n) is 2.41. The summed E-state index contributed by atoms with van der Waals surface area (Å²) in [5.41, 5.74) is 2.25. The van der Waals surface area contributed by atoms with Crippen molar-refractivity contribution >= 4 is 27.5 Å². The fraction of sp³-hybridized carbons (Fsp3) is 0.417. The second kappa shape index (κ2) is 5.91. The van der Waals surface area contributed by atoms with Crippen LogP contribution in [0.25, 0.3) is 0 Å². The van der Waals surface area contributed by atoms with E-state index in [1.807, 2.05) is 19.2 Å². The molecule has 1 aromatic rings. The molecule has 82 valence electrons. The van der Waals surface area contributed by atoms with Crippen molar-refractivity contribution in [3.8, 4) is 0 Å². The molecule has 0 saturated carbocycles. The van der Waals surface area contributed by atoms with Crippen molar-refractivity contribution in [2.24, 2.45) is 0 Å². The van der Waals surface area contributed by atoms with Crippen LogP contribution in [0.4, 0.5) is 5.69 Å². The van der Waals surface area contributed by atoms with Gasteiger partial charge in [-0.05, 0) is 24.1 Å². The first-order valence-corrected chi connectivity index (χ1v) is 6.22. The van der Waals surface area contributed by atoms with Gasteiger partial charge in [0.25, 0.3) is 0 Å². The van der Waals surface area contributed by atoms with Crippen LogP contribution < -0.4 is 4.90 Å². The Kier molecular flexibility index (Phi) is 4.82. The molecule has 0 aliphatic heterocycles.